The van der Waals surface area contributed by atoms with Crippen molar-refractivity contribution < 1.29 is 28.6 Å². The quantitative estimate of drug-likeness (QED) is 0.0346. The lowest BCUT2D eigenvalue weighted by Gasteiger charge is -2.18. The third-order valence-electron chi connectivity index (χ3n) is 11.6. The first-order chi connectivity index (χ1) is 28.0. The van der Waals surface area contributed by atoms with Gasteiger partial charge in [-0.05, 0) is 19.3 Å². The van der Waals surface area contributed by atoms with Crippen molar-refractivity contribution in [1.82, 2.24) is 0 Å². The third-order valence-corrected chi connectivity index (χ3v) is 11.6. The molecule has 0 bridgehead atoms. The summed E-state index contributed by atoms with van der Waals surface area (Å²) < 4.78 is 16.8. The van der Waals surface area contributed by atoms with E-state index in [1.165, 1.54) is 193 Å². The minimum atomic E-state index is -0.759. The second-order valence-electron chi connectivity index (χ2n) is 17.5. The number of hydrogen-bond acceptors (Lipinski definition) is 6. The molecule has 6 nitrogen and oxygen atoms in total. The van der Waals surface area contributed by atoms with Crippen molar-refractivity contribution in [2.45, 2.75) is 297 Å². The topological polar surface area (TPSA) is 78.9 Å². The van der Waals surface area contributed by atoms with Crippen LogP contribution in [0.2, 0.25) is 0 Å². The molecule has 0 N–H and O–H groups in total. The van der Waals surface area contributed by atoms with Crippen LogP contribution in [-0.2, 0) is 28.6 Å². The summed E-state index contributed by atoms with van der Waals surface area (Å²) in [6, 6.07) is 0. The minimum absolute atomic E-state index is 0.0619. The molecule has 0 aliphatic carbocycles. The molecule has 0 aromatic carbocycles. The Hall–Kier alpha value is -1.59. The maximum atomic E-state index is 12.8. The average Bonchev–Trinajstić information content (AvgIpc) is 3.21. The van der Waals surface area contributed by atoms with Crippen molar-refractivity contribution in [3.63, 3.8) is 0 Å². The Morgan fingerprint density at radius 2 is 0.474 bits per heavy atom. The Morgan fingerprint density at radius 1 is 0.281 bits per heavy atom. The highest BCUT2D eigenvalue weighted by Gasteiger charge is 2.19. The molecule has 0 aromatic rings. The van der Waals surface area contributed by atoms with E-state index in [4.69, 9.17) is 14.2 Å². The van der Waals surface area contributed by atoms with Crippen LogP contribution >= 0.6 is 0 Å². The molecule has 0 saturated carbocycles. The van der Waals surface area contributed by atoms with Gasteiger partial charge < -0.3 is 14.2 Å². The van der Waals surface area contributed by atoms with Gasteiger partial charge in [0.1, 0.15) is 13.2 Å². The van der Waals surface area contributed by atoms with E-state index >= 15 is 0 Å². The first-order valence-electron chi connectivity index (χ1n) is 25.5. The SMILES string of the molecule is CCCCCCCCCCCCCCCCCC(=O)O[C@@H](COC(=O)CCCCCCCCCCCCC)COC(=O)CCCCCCCCCCCCCCC. The van der Waals surface area contributed by atoms with Gasteiger partial charge in [-0.1, -0.05) is 252 Å². The number of hydrogen-bond donors (Lipinski definition) is 0. The zero-order valence-electron chi connectivity index (χ0n) is 38.6. The molecule has 0 aliphatic rings. The molecule has 57 heavy (non-hydrogen) atoms. The second-order valence-corrected chi connectivity index (χ2v) is 17.5. The lowest BCUT2D eigenvalue weighted by Crippen LogP contribution is -2.30. The Balaban J connectivity index is 4.30. The maximum Gasteiger partial charge on any atom is 0.306 e. The molecule has 338 valence electrons. The zero-order valence-corrected chi connectivity index (χ0v) is 38.6. The molecule has 0 amide bonds. The zero-order chi connectivity index (χ0) is 41.5. The van der Waals surface area contributed by atoms with Crippen molar-refractivity contribution in [2.24, 2.45) is 0 Å². The van der Waals surface area contributed by atoms with Crippen LogP contribution in [0.4, 0.5) is 0 Å². The Labute approximate surface area is 355 Å². The molecule has 0 rings (SSSR count). The lowest BCUT2D eigenvalue weighted by atomic mass is 10.0. The summed E-state index contributed by atoms with van der Waals surface area (Å²) in [6.45, 7) is 6.67. The largest absolute Gasteiger partial charge is 0.462 e. The Kier molecular flexibility index (Phi) is 45.8. The number of carbonyl (C=O) groups excluding carboxylic acids is 3. The normalized spacial score (nSPS) is 11.8. The second kappa shape index (κ2) is 47.1. The van der Waals surface area contributed by atoms with Crippen LogP contribution < -0.4 is 0 Å². The number of ether oxygens (including phenoxy) is 3. The van der Waals surface area contributed by atoms with Crippen LogP contribution in [0.1, 0.15) is 290 Å². The van der Waals surface area contributed by atoms with E-state index in [2.05, 4.69) is 20.8 Å². The van der Waals surface area contributed by atoms with Gasteiger partial charge in [-0.2, -0.15) is 0 Å². The van der Waals surface area contributed by atoms with E-state index in [1.54, 1.807) is 0 Å². The predicted octanol–water partition coefficient (Wildman–Crippen LogP) is 16.4. The van der Waals surface area contributed by atoms with Gasteiger partial charge >= 0.3 is 17.9 Å². The van der Waals surface area contributed by atoms with Gasteiger partial charge in [0.25, 0.3) is 0 Å². The van der Waals surface area contributed by atoms with Gasteiger partial charge in [0.2, 0.25) is 0 Å². The fourth-order valence-electron chi connectivity index (χ4n) is 7.74. The fraction of sp³-hybridized carbons (Fsp3) is 0.941. The summed E-state index contributed by atoms with van der Waals surface area (Å²) in [7, 11) is 0. The summed E-state index contributed by atoms with van der Waals surface area (Å²) in [5, 5.41) is 0. The van der Waals surface area contributed by atoms with Crippen molar-refractivity contribution in [3.05, 3.63) is 0 Å². The molecule has 0 fully saturated rings. The average molecular weight is 807 g/mol. The monoisotopic (exact) mass is 807 g/mol. The molecule has 6 heteroatoms. The highest BCUT2D eigenvalue weighted by molar-refractivity contribution is 5.71. The molecule has 0 saturated heterocycles. The molecule has 0 spiro atoms. The number of rotatable bonds is 47. The van der Waals surface area contributed by atoms with Crippen LogP contribution in [0.15, 0.2) is 0 Å². The maximum absolute atomic E-state index is 12.8. The van der Waals surface area contributed by atoms with E-state index in [-0.39, 0.29) is 31.1 Å². The molecule has 1 atom stereocenters. The van der Waals surface area contributed by atoms with Crippen LogP contribution in [0, 0.1) is 0 Å². The standard InChI is InChI=1S/C51H98O6/c1-4-7-10-13-16-19-22-24-25-27-30-33-36-39-42-45-51(54)57-48(46-55-49(52)43-40-37-34-31-28-21-18-15-12-9-6-3)47-56-50(53)44-41-38-35-32-29-26-23-20-17-14-11-8-5-2/h48H,4-47H2,1-3H3/t48-/m0/s1. The number of esters is 3. The van der Waals surface area contributed by atoms with Gasteiger partial charge in [0.15, 0.2) is 6.10 Å². The van der Waals surface area contributed by atoms with Gasteiger partial charge in [-0.25, -0.2) is 0 Å². The highest BCUT2D eigenvalue weighted by Crippen LogP contribution is 2.17. The van der Waals surface area contributed by atoms with Crippen molar-refractivity contribution in [3.8, 4) is 0 Å². The molecule has 0 aliphatic heterocycles. The molecule has 0 radical (unpaired) electrons. The first-order valence-corrected chi connectivity index (χ1v) is 25.5. The molecular formula is C51H98O6. The summed E-state index contributed by atoms with van der Waals surface area (Å²) in [6.07, 6.45) is 49.4. The fourth-order valence-corrected chi connectivity index (χ4v) is 7.74. The summed E-state index contributed by atoms with van der Waals surface area (Å²) in [4.78, 5) is 37.9. The molecule has 0 heterocycles. The van der Waals surface area contributed by atoms with Crippen LogP contribution in [-0.4, -0.2) is 37.2 Å². The summed E-state index contributed by atoms with van der Waals surface area (Å²) >= 11 is 0. The van der Waals surface area contributed by atoms with Crippen molar-refractivity contribution in [1.29, 1.82) is 0 Å². The van der Waals surface area contributed by atoms with E-state index in [0.717, 1.165) is 57.8 Å². The predicted molar refractivity (Wildman–Crippen MR) is 243 cm³/mol. The van der Waals surface area contributed by atoms with Crippen LogP contribution in [0.5, 0.6) is 0 Å². The van der Waals surface area contributed by atoms with Gasteiger partial charge in [-0.15, -0.1) is 0 Å². The third kappa shape index (κ3) is 45.3. The first kappa shape index (κ1) is 55.4. The van der Waals surface area contributed by atoms with Gasteiger partial charge in [0, 0.05) is 19.3 Å². The number of unbranched alkanes of at least 4 members (excludes halogenated alkanes) is 36. The van der Waals surface area contributed by atoms with Gasteiger partial charge in [0.05, 0.1) is 0 Å². The smallest absolute Gasteiger partial charge is 0.306 e. The van der Waals surface area contributed by atoms with E-state index in [9.17, 15) is 14.4 Å². The Bertz CT molecular complexity index is 844. The van der Waals surface area contributed by atoms with E-state index < -0.39 is 6.10 Å². The minimum Gasteiger partial charge on any atom is -0.462 e. The van der Waals surface area contributed by atoms with E-state index in [1.807, 2.05) is 0 Å². The van der Waals surface area contributed by atoms with Gasteiger partial charge in [-0.3, -0.25) is 14.4 Å². The summed E-state index contributed by atoms with van der Waals surface area (Å²) in [5.74, 6) is -0.842. The number of carbonyl (C=O) groups is 3. The summed E-state index contributed by atoms with van der Waals surface area (Å²) in [5.41, 5.74) is 0. The van der Waals surface area contributed by atoms with Crippen molar-refractivity contribution >= 4 is 17.9 Å². The van der Waals surface area contributed by atoms with Crippen molar-refractivity contribution in [2.75, 3.05) is 13.2 Å². The van der Waals surface area contributed by atoms with Crippen LogP contribution in [0.3, 0.4) is 0 Å². The lowest BCUT2D eigenvalue weighted by molar-refractivity contribution is -0.167. The Morgan fingerprint density at radius 3 is 0.702 bits per heavy atom. The highest BCUT2D eigenvalue weighted by atomic mass is 16.6. The molecule has 0 unspecified atom stereocenters. The van der Waals surface area contributed by atoms with E-state index in [0.29, 0.717) is 19.3 Å². The molecule has 0 aromatic heterocycles. The molecular weight excluding hydrogens is 709 g/mol. The van der Waals surface area contributed by atoms with Crippen LogP contribution in [0.25, 0.3) is 0 Å².